The largest absolute Gasteiger partial charge is 0.294 e. The minimum absolute atomic E-state index is 0.127. The van der Waals surface area contributed by atoms with Crippen molar-refractivity contribution in [1.82, 2.24) is 0 Å². The average molecular weight is 267 g/mol. The van der Waals surface area contributed by atoms with Gasteiger partial charge in [-0.3, -0.25) is 14.9 Å². The Balaban J connectivity index is 2.74. The molecule has 0 unspecified atom stereocenters. The van der Waals surface area contributed by atoms with Crippen LogP contribution in [0.2, 0.25) is 0 Å². The maximum absolute atomic E-state index is 11.9. The van der Waals surface area contributed by atoms with Crippen LogP contribution in [0.3, 0.4) is 0 Å². The molecule has 2 aromatic rings. The van der Waals surface area contributed by atoms with Gasteiger partial charge in [-0.15, -0.1) is 0 Å². The normalized spacial score (nSPS) is 11.7. The molecule has 4 nitrogen and oxygen atoms in total. The summed E-state index contributed by atoms with van der Waals surface area (Å²) in [5.41, 5.74) is 0.938. The molecule has 0 amide bonds. The number of carbonyl (C=O) groups is 1. The number of ketones is 1. The highest BCUT2D eigenvalue weighted by atomic mass is 16.6. The maximum Gasteiger partial charge on any atom is 0.287 e. The average Bonchev–Trinajstić information content (AvgIpc) is 2.45. The lowest BCUT2D eigenvalue weighted by atomic mass is 9.97. The predicted octanol–water partition coefficient (Wildman–Crippen LogP) is 3.42. The fourth-order valence-electron chi connectivity index (χ4n) is 2.05. The molecule has 0 spiro atoms. The topological polar surface area (TPSA) is 60.2 Å². The van der Waals surface area contributed by atoms with Crippen LogP contribution in [0.15, 0.2) is 60.7 Å². The van der Waals surface area contributed by atoms with Crippen LogP contribution in [0.4, 0.5) is 0 Å². The number of nitrogens with zero attached hydrogens (tertiary/aromatic N) is 1. The summed E-state index contributed by atoms with van der Waals surface area (Å²) in [5, 5.41) is 11.4. The summed E-state index contributed by atoms with van der Waals surface area (Å²) >= 11 is 0. The fourth-order valence-corrected chi connectivity index (χ4v) is 2.05. The van der Waals surface area contributed by atoms with Crippen molar-refractivity contribution in [3.05, 3.63) is 81.9 Å². The Labute approximate surface area is 116 Å². The van der Waals surface area contributed by atoms with Crippen LogP contribution in [0.25, 0.3) is 11.3 Å². The molecule has 0 aliphatic rings. The number of Topliss-reactive ketones (excluding diaryl/α,β-unsaturated/α-hetero) is 1. The molecule has 4 heteroatoms. The number of rotatable bonds is 4. The number of benzene rings is 2. The van der Waals surface area contributed by atoms with E-state index >= 15 is 0 Å². The van der Waals surface area contributed by atoms with E-state index in [0.29, 0.717) is 11.1 Å². The van der Waals surface area contributed by atoms with Crippen LogP contribution in [0, 0.1) is 10.1 Å². The van der Waals surface area contributed by atoms with Gasteiger partial charge in [0.05, 0.1) is 10.5 Å². The van der Waals surface area contributed by atoms with E-state index in [4.69, 9.17) is 0 Å². The summed E-state index contributed by atoms with van der Waals surface area (Å²) in [5.74, 6) is -0.327. The predicted molar refractivity (Wildman–Crippen MR) is 77.4 cm³/mol. The molecule has 0 N–H and O–H groups in total. The van der Waals surface area contributed by atoms with E-state index in [0.717, 1.165) is 0 Å². The molecule has 100 valence electrons. The Morgan fingerprint density at radius 3 is 1.75 bits per heavy atom. The van der Waals surface area contributed by atoms with Gasteiger partial charge in [0.2, 0.25) is 0 Å². The van der Waals surface area contributed by atoms with E-state index in [1.165, 1.54) is 6.92 Å². The highest BCUT2D eigenvalue weighted by Gasteiger charge is 2.25. The zero-order valence-electron chi connectivity index (χ0n) is 10.9. The summed E-state index contributed by atoms with van der Waals surface area (Å²) < 4.78 is 0. The molecule has 20 heavy (non-hydrogen) atoms. The molecule has 0 bridgehead atoms. The molecular weight excluding hydrogens is 254 g/mol. The van der Waals surface area contributed by atoms with Gasteiger partial charge in [-0.05, 0) is 24.6 Å². The molecule has 0 fully saturated rings. The Hall–Kier alpha value is -2.75. The minimum Gasteiger partial charge on any atom is -0.294 e. The van der Waals surface area contributed by atoms with E-state index in [-0.39, 0.29) is 17.1 Å². The van der Waals surface area contributed by atoms with Crippen molar-refractivity contribution in [2.45, 2.75) is 6.92 Å². The summed E-state index contributed by atoms with van der Waals surface area (Å²) in [7, 11) is 0. The van der Waals surface area contributed by atoms with Gasteiger partial charge in [-0.25, -0.2) is 0 Å². The molecule has 0 aliphatic carbocycles. The lowest BCUT2D eigenvalue weighted by molar-refractivity contribution is -0.374. The van der Waals surface area contributed by atoms with Gasteiger partial charge in [-0.1, -0.05) is 48.5 Å². The second-order valence-electron chi connectivity index (χ2n) is 4.27. The monoisotopic (exact) mass is 267 g/mol. The van der Waals surface area contributed by atoms with Crippen LogP contribution < -0.4 is 0 Å². The van der Waals surface area contributed by atoms with E-state index in [9.17, 15) is 14.9 Å². The van der Waals surface area contributed by atoms with Gasteiger partial charge in [0.15, 0.2) is 5.78 Å². The molecule has 0 saturated heterocycles. The molecule has 0 aromatic heterocycles. The van der Waals surface area contributed by atoms with Gasteiger partial charge in [0.25, 0.3) is 5.70 Å². The summed E-state index contributed by atoms with van der Waals surface area (Å²) in [6, 6.07) is 17.2. The Kier molecular flexibility index (Phi) is 4.05. The highest BCUT2D eigenvalue weighted by molar-refractivity contribution is 6.25. The second-order valence-corrected chi connectivity index (χ2v) is 4.27. The third-order valence-corrected chi connectivity index (χ3v) is 2.88. The maximum atomic E-state index is 11.9. The van der Waals surface area contributed by atoms with Gasteiger partial charge in [-0.2, -0.15) is 0 Å². The zero-order chi connectivity index (χ0) is 14.5. The first-order valence-corrected chi connectivity index (χ1v) is 6.11. The van der Waals surface area contributed by atoms with Crippen LogP contribution in [0.5, 0.6) is 0 Å². The minimum atomic E-state index is -0.501. The molecule has 0 saturated carbocycles. The smallest absolute Gasteiger partial charge is 0.287 e. The third-order valence-electron chi connectivity index (χ3n) is 2.88. The van der Waals surface area contributed by atoms with Crippen LogP contribution in [0.1, 0.15) is 18.1 Å². The van der Waals surface area contributed by atoms with Crippen LogP contribution >= 0.6 is 0 Å². The molecule has 0 radical (unpaired) electrons. The van der Waals surface area contributed by atoms with E-state index in [2.05, 4.69) is 0 Å². The number of nitro groups is 1. The Bertz CT molecular complexity index is 601. The van der Waals surface area contributed by atoms with Gasteiger partial charge in [0.1, 0.15) is 5.57 Å². The Morgan fingerprint density at radius 1 is 0.900 bits per heavy atom. The van der Waals surface area contributed by atoms with Crippen molar-refractivity contribution in [2.75, 3.05) is 0 Å². The Morgan fingerprint density at radius 2 is 1.35 bits per heavy atom. The number of hydrogen-bond acceptors (Lipinski definition) is 3. The van der Waals surface area contributed by atoms with E-state index < -0.39 is 4.92 Å². The number of carbonyl (C=O) groups excluding carboxylic acids is 1. The van der Waals surface area contributed by atoms with Gasteiger partial charge < -0.3 is 0 Å². The highest BCUT2D eigenvalue weighted by Crippen LogP contribution is 2.27. The summed E-state index contributed by atoms with van der Waals surface area (Å²) in [6.45, 7) is 1.34. The molecule has 0 heterocycles. The van der Waals surface area contributed by atoms with Crippen LogP contribution in [-0.2, 0) is 4.79 Å². The molecular formula is C16H13NO3. The lowest BCUT2D eigenvalue weighted by Crippen LogP contribution is -2.07. The van der Waals surface area contributed by atoms with E-state index in [1.807, 2.05) is 0 Å². The second kappa shape index (κ2) is 5.93. The van der Waals surface area contributed by atoms with Crippen molar-refractivity contribution in [1.29, 1.82) is 0 Å². The number of allylic oxidation sites excluding steroid dienone is 1. The summed E-state index contributed by atoms with van der Waals surface area (Å²) in [6.07, 6.45) is 0. The van der Waals surface area contributed by atoms with Crippen molar-refractivity contribution >= 4 is 17.1 Å². The molecule has 0 atom stereocenters. The SMILES string of the molecule is CC(=O)/C(=C(/c1ccccc1)[N+](=O)[O-])c1ccccc1. The van der Waals surface area contributed by atoms with Gasteiger partial charge >= 0.3 is 0 Å². The van der Waals surface area contributed by atoms with Crippen molar-refractivity contribution in [2.24, 2.45) is 0 Å². The van der Waals surface area contributed by atoms with E-state index in [1.54, 1.807) is 60.7 Å². The molecule has 2 aromatic carbocycles. The quantitative estimate of drug-likeness (QED) is 0.369. The summed E-state index contributed by atoms with van der Waals surface area (Å²) in [4.78, 5) is 22.8. The first-order chi connectivity index (χ1) is 9.61. The van der Waals surface area contributed by atoms with Crippen molar-refractivity contribution in [3.8, 4) is 0 Å². The first-order valence-electron chi connectivity index (χ1n) is 6.11. The molecule has 2 rings (SSSR count). The molecule has 0 aliphatic heterocycles. The zero-order valence-corrected chi connectivity index (χ0v) is 10.9. The standard InChI is InChI=1S/C16H13NO3/c1-12(18)15(13-8-4-2-5-9-13)16(17(19)20)14-10-6-3-7-11-14/h2-11H,1H3/b16-15+. The first kappa shape index (κ1) is 13.7. The van der Waals surface area contributed by atoms with Crippen LogP contribution in [-0.4, -0.2) is 10.7 Å². The lowest BCUT2D eigenvalue weighted by Gasteiger charge is -2.07. The van der Waals surface area contributed by atoms with Crippen molar-refractivity contribution in [3.63, 3.8) is 0 Å². The number of hydrogen-bond donors (Lipinski definition) is 0. The fraction of sp³-hybridized carbons (Fsp3) is 0.0625. The van der Waals surface area contributed by atoms with Gasteiger partial charge in [0, 0.05) is 0 Å². The third kappa shape index (κ3) is 2.80. The van der Waals surface area contributed by atoms with Crippen molar-refractivity contribution < 1.29 is 9.72 Å².